The molecular weight excluding hydrogens is 979 g/mol. The zero-order valence-electron chi connectivity index (χ0n) is 43.6. The second kappa shape index (κ2) is 22.6. The number of aliphatic hydroxyl groups excluding tert-OH is 1. The van der Waals surface area contributed by atoms with Gasteiger partial charge in [0.25, 0.3) is 0 Å². The van der Waals surface area contributed by atoms with Crippen LogP contribution in [0.25, 0.3) is 0 Å². The molecule has 0 radical (unpaired) electrons. The highest BCUT2D eigenvalue weighted by Crippen LogP contribution is 2.66. The van der Waals surface area contributed by atoms with Crippen LogP contribution in [-0.4, -0.2) is 109 Å². The van der Waals surface area contributed by atoms with E-state index in [0.717, 1.165) is 41.8 Å². The Morgan fingerprint density at radius 3 is 2.10 bits per heavy atom. The number of hydrogen-bond donors (Lipinski definition) is 4. The first-order chi connectivity index (χ1) is 37.4. The van der Waals surface area contributed by atoms with Crippen molar-refractivity contribution in [2.24, 2.45) is 11.8 Å². The largest absolute Gasteiger partial charge is 0.491 e. The summed E-state index contributed by atoms with van der Waals surface area (Å²) in [5.74, 6) is 1.66. The van der Waals surface area contributed by atoms with Crippen LogP contribution in [0.15, 0.2) is 127 Å². The van der Waals surface area contributed by atoms with Crippen molar-refractivity contribution in [1.82, 2.24) is 10.2 Å². The standard InChI is InChI=1S/C61H65N5O11/c1-39(2)50(56(69)74-3)63-59(72)65-48-27-18-40(28-31-60(73)29-12-4-5-13-30-60)38-47(48)61(58(65)71)49(55(68)62-44-21-23-45(24-22-44)64-32-35-75-36-33-64)52-57(70)77-53(42-16-10-7-11-17-42)51(41-14-8-6-9-15-41)66(52)54(61)43-19-25-46(26-20-43)76-37-34-67/h6-11,14-27,38-39,49-54,67,73H,4-5,12-13,29-30,32-37H2,1-3H3,(H,62,68)(H,63,72)/t49-,50-,51-,52-,53+,54+,61-/m0/s1. The number of benzene rings is 5. The molecule has 77 heavy (non-hydrogen) atoms. The fraction of sp³-hybridized carbons (Fsp3) is 0.393. The van der Waals surface area contributed by atoms with Crippen LogP contribution in [0.3, 0.4) is 0 Å². The summed E-state index contributed by atoms with van der Waals surface area (Å²) in [6, 6.07) is 32.3. The molecule has 5 aliphatic rings. The Hall–Kier alpha value is -7.55. The number of amides is 4. The van der Waals surface area contributed by atoms with Gasteiger partial charge in [-0.3, -0.25) is 19.3 Å². The maximum atomic E-state index is 16.9. The van der Waals surface area contributed by atoms with Gasteiger partial charge >= 0.3 is 18.0 Å². The Morgan fingerprint density at radius 2 is 1.47 bits per heavy atom. The number of methoxy groups -OCH3 is 1. The van der Waals surface area contributed by atoms with E-state index in [4.69, 9.17) is 18.9 Å². The van der Waals surface area contributed by atoms with Crippen molar-refractivity contribution in [3.05, 3.63) is 155 Å². The van der Waals surface area contributed by atoms with Crippen LogP contribution >= 0.6 is 0 Å². The Morgan fingerprint density at radius 1 is 0.805 bits per heavy atom. The molecule has 0 unspecified atom stereocenters. The van der Waals surface area contributed by atoms with Crippen molar-refractivity contribution in [2.75, 3.05) is 61.7 Å². The van der Waals surface area contributed by atoms with Gasteiger partial charge in [-0.25, -0.2) is 14.5 Å². The molecule has 1 saturated carbocycles. The van der Waals surface area contributed by atoms with Gasteiger partial charge in [0.1, 0.15) is 41.6 Å². The lowest BCUT2D eigenvalue weighted by atomic mass is 9.65. The van der Waals surface area contributed by atoms with Crippen molar-refractivity contribution in [1.29, 1.82) is 0 Å². The number of nitrogens with zero attached hydrogens (tertiary/aromatic N) is 3. The van der Waals surface area contributed by atoms with Crippen molar-refractivity contribution in [3.8, 4) is 17.6 Å². The van der Waals surface area contributed by atoms with Gasteiger partial charge in [-0.05, 0) is 108 Å². The van der Waals surface area contributed by atoms with E-state index in [1.54, 1.807) is 68.4 Å². The lowest BCUT2D eigenvalue weighted by Gasteiger charge is -2.46. The summed E-state index contributed by atoms with van der Waals surface area (Å²) in [5.41, 5.74) is 0.461. The van der Waals surface area contributed by atoms with Crippen LogP contribution in [0.5, 0.6) is 5.75 Å². The number of rotatable bonds is 12. The van der Waals surface area contributed by atoms with E-state index in [2.05, 4.69) is 27.4 Å². The molecule has 5 aromatic carbocycles. The number of cyclic esters (lactones) is 1. The number of urea groups is 1. The molecule has 4 fully saturated rings. The molecule has 4 heterocycles. The van der Waals surface area contributed by atoms with Gasteiger partial charge in [0.05, 0.1) is 50.6 Å². The minimum absolute atomic E-state index is 0.00900. The molecule has 1 aliphatic carbocycles. The molecule has 3 saturated heterocycles. The Labute approximate surface area is 448 Å². The van der Waals surface area contributed by atoms with E-state index in [1.165, 1.54) is 7.11 Å². The maximum Gasteiger partial charge on any atom is 0.329 e. The first-order valence-corrected chi connectivity index (χ1v) is 26.6. The summed E-state index contributed by atoms with van der Waals surface area (Å²) >= 11 is 0. The van der Waals surface area contributed by atoms with Crippen LogP contribution in [0.2, 0.25) is 0 Å². The van der Waals surface area contributed by atoms with Gasteiger partial charge in [-0.15, -0.1) is 0 Å². The molecule has 7 atom stereocenters. The van der Waals surface area contributed by atoms with E-state index in [1.807, 2.05) is 77.7 Å². The second-order valence-electron chi connectivity index (χ2n) is 20.8. The molecule has 16 heteroatoms. The molecule has 10 rings (SSSR count). The summed E-state index contributed by atoms with van der Waals surface area (Å²) in [6.45, 7) is 5.77. The van der Waals surface area contributed by atoms with Crippen LogP contribution in [0.1, 0.15) is 98.4 Å². The highest BCUT2D eigenvalue weighted by atomic mass is 16.6. The molecule has 16 nitrogen and oxygen atoms in total. The number of anilines is 3. The summed E-state index contributed by atoms with van der Waals surface area (Å²) in [6.07, 6.45) is 3.56. The van der Waals surface area contributed by atoms with Gasteiger partial charge in [0.15, 0.2) is 0 Å². The smallest absolute Gasteiger partial charge is 0.329 e. The molecule has 4 amide bonds. The van der Waals surface area contributed by atoms with Gasteiger partial charge in [0.2, 0.25) is 11.8 Å². The molecule has 5 aromatic rings. The maximum absolute atomic E-state index is 16.9. The van der Waals surface area contributed by atoms with Crippen LogP contribution in [0, 0.1) is 23.7 Å². The molecule has 4 aliphatic heterocycles. The summed E-state index contributed by atoms with van der Waals surface area (Å²) in [4.78, 5) is 82.5. The van der Waals surface area contributed by atoms with Crippen LogP contribution in [0.4, 0.5) is 21.9 Å². The highest BCUT2D eigenvalue weighted by Gasteiger charge is 2.75. The molecule has 400 valence electrons. The number of nitrogens with one attached hydrogen (secondary N) is 2. The lowest BCUT2D eigenvalue weighted by Crippen LogP contribution is -2.57. The van der Waals surface area contributed by atoms with E-state index in [9.17, 15) is 15.0 Å². The van der Waals surface area contributed by atoms with E-state index in [0.29, 0.717) is 67.3 Å². The Kier molecular flexibility index (Phi) is 15.5. The lowest BCUT2D eigenvalue weighted by molar-refractivity contribution is -0.177. The number of hydrogen-bond acceptors (Lipinski definition) is 13. The Balaban J connectivity index is 1.24. The molecule has 4 N–H and O–H groups in total. The second-order valence-corrected chi connectivity index (χ2v) is 20.8. The van der Waals surface area contributed by atoms with Crippen LogP contribution in [-0.2, 0) is 38.8 Å². The topological polar surface area (TPSA) is 197 Å². The van der Waals surface area contributed by atoms with E-state index >= 15 is 19.2 Å². The minimum atomic E-state index is -2.16. The van der Waals surface area contributed by atoms with Crippen molar-refractivity contribution in [2.45, 2.75) is 93.7 Å². The monoisotopic (exact) mass is 1040 g/mol. The van der Waals surface area contributed by atoms with Gasteiger partial charge in [-0.1, -0.05) is 111 Å². The normalized spacial score (nSPS) is 24.2. The Bertz CT molecular complexity index is 3020. The average molecular weight is 1040 g/mol. The molecule has 0 bridgehead atoms. The third kappa shape index (κ3) is 10.2. The summed E-state index contributed by atoms with van der Waals surface area (Å²) < 4.78 is 23.2. The SMILES string of the molecule is COC(=O)[C@@H](NC(=O)N1C(=O)[C@@]2(c3cc(C#CC4(O)CCCCCC4)ccc31)[C@H](C(=O)Nc1ccc(N3CCOCC3)cc1)[C@H]1C(=O)O[C@H](c3ccccc3)[C@H](c3ccccc3)N1[C@@H]2c1ccc(OCCO)cc1)C(C)C. The third-order valence-electron chi connectivity index (χ3n) is 15.8. The fourth-order valence-electron chi connectivity index (χ4n) is 12.1. The predicted octanol–water partition coefficient (Wildman–Crippen LogP) is 7.54. The molecule has 1 spiro atoms. The number of ether oxygens (including phenoxy) is 4. The zero-order valence-corrected chi connectivity index (χ0v) is 43.6. The first kappa shape index (κ1) is 52.9. The van der Waals surface area contributed by atoms with Crippen molar-refractivity contribution >= 4 is 46.8 Å². The minimum Gasteiger partial charge on any atom is -0.491 e. The number of fused-ring (bicyclic) bond motifs is 3. The van der Waals surface area contributed by atoms with E-state index in [-0.39, 0.29) is 24.5 Å². The van der Waals surface area contributed by atoms with Gasteiger partial charge < -0.3 is 44.7 Å². The predicted molar refractivity (Wildman–Crippen MR) is 288 cm³/mol. The number of carbonyl (C=O) groups is 5. The summed E-state index contributed by atoms with van der Waals surface area (Å²) in [7, 11) is 1.22. The number of morpholine rings is 2. The average Bonchev–Trinajstić information content (AvgIpc) is 3.61. The number of aliphatic hydroxyl groups is 2. The zero-order chi connectivity index (χ0) is 53.8. The quantitative estimate of drug-likeness (QED) is 0.0544. The molecule has 0 aromatic heterocycles. The third-order valence-corrected chi connectivity index (χ3v) is 15.8. The number of esters is 2. The fourth-order valence-corrected chi connectivity index (χ4v) is 12.1. The van der Waals surface area contributed by atoms with Crippen molar-refractivity contribution in [3.63, 3.8) is 0 Å². The van der Waals surface area contributed by atoms with E-state index < -0.39 is 82.9 Å². The van der Waals surface area contributed by atoms with Crippen molar-refractivity contribution < 1.29 is 53.1 Å². The number of carbonyl (C=O) groups excluding carboxylic acids is 5. The van der Waals surface area contributed by atoms with Crippen LogP contribution < -0.4 is 25.2 Å². The first-order valence-electron chi connectivity index (χ1n) is 26.6. The number of imide groups is 1. The van der Waals surface area contributed by atoms with Gasteiger partial charge in [0, 0.05) is 30.0 Å². The van der Waals surface area contributed by atoms with Gasteiger partial charge in [-0.2, -0.15) is 0 Å². The molecular formula is C61H65N5O11. The highest BCUT2D eigenvalue weighted by molar-refractivity contribution is 6.25. The summed E-state index contributed by atoms with van der Waals surface area (Å²) in [5, 5.41) is 27.4.